The predicted octanol–water partition coefficient (Wildman–Crippen LogP) is 1.43. The minimum absolute atomic E-state index is 0.0216. The van der Waals surface area contributed by atoms with Gasteiger partial charge in [-0.15, -0.1) is 15.3 Å². The van der Waals surface area contributed by atoms with Crippen molar-refractivity contribution in [1.82, 2.24) is 34.7 Å². The monoisotopic (exact) mass is 366 g/mol. The highest BCUT2D eigenvalue weighted by Gasteiger charge is 2.29. The zero-order valence-electron chi connectivity index (χ0n) is 15.2. The number of carbonyl (C=O) groups is 1. The lowest BCUT2D eigenvalue weighted by atomic mass is 9.85. The molecule has 4 heterocycles. The molecule has 3 aromatic rings. The second-order valence-electron chi connectivity index (χ2n) is 7.38. The Labute approximate surface area is 156 Å². The van der Waals surface area contributed by atoms with Crippen LogP contribution in [0.5, 0.6) is 0 Å². The Morgan fingerprint density at radius 1 is 1.30 bits per heavy atom. The number of amides is 1. The van der Waals surface area contributed by atoms with Crippen LogP contribution in [0.4, 0.5) is 5.82 Å². The molecule has 3 aromatic heterocycles. The number of rotatable bonds is 4. The minimum atomic E-state index is -0.0772. The first kappa shape index (κ1) is 16.2. The van der Waals surface area contributed by atoms with Crippen molar-refractivity contribution >= 4 is 17.4 Å². The molecule has 1 aliphatic carbocycles. The molecule has 0 bridgehead atoms. The molecular weight excluding hydrogens is 344 g/mol. The molecule has 1 fully saturated rings. The average Bonchev–Trinajstić information content (AvgIpc) is 3.27. The van der Waals surface area contributed by atoms with Gasteiger partial charge in [0.05, 0.1) is 6.04 Å². The van der Waals surface area contributed by atoms with Crippen molar-refractivity contribution in [3.8, 4) is 0 Å². The molecular formula is C18H22N8O. The zero-order valence-corrected chi connectivity index (χ0v) is 15.2. The van der Waals surface area contributed by atoms with Gasteiger partial charge in [-0.1, -0.05) is 6.42 Å². The SMILES string of the molecule is C[C@@H]1c2nc(C(=O)NCC3CCC3)cn2CCN1c1ccc2nncn2n1. The van der Waals surface area contributed by atoms with Gasteiger partial charge in [-0.25, -0.2) is 4.98 Å². The summed E-state index contributed by atoms with van der Waals surface area (Å²) in [4.78, 5) is 19.3. The van der Waals surface area contributed by atoms with Crippen LogP contribution >= 0.6 is 0 Å². The Morgan fingerprint density at radius 2 is 2.19 bits per heavy atom. The highest BCUT2D eigenvalue weighted by molar-refractivity contribution is 5.92. The van der Waals surface area contributed by atoms with Crippen molar-refractivity contribution in [2.24, 2.45) is 5.92 Å². The summed E-state index contributed by atoms with van der Waals surface area (Å²) in [6, 6.07) is 3.88. The number of imidazole rings is 1. The van der Waals surface area contributed by atoms with Crippen molar-refractivity contribution in [1.29, 1.82) is 0 Å². The molecule has 0 saturated heterocycles. The molecule has 9 heteroatoms. The average molecular weight is 366 g/mol. The van der Waals surface area contributed by atoms with E-state index in [1.54, 1.807) is 10.8 Å². The summed E-state index contributed by atoms with van der Waals surface area (Å²) in [5.41, 5.74) is 1.22. The summed E-state index contributed by atoms with van der Waals surface area (Å²) >= 11 is 0. The molecule has 1 N–H and O–H groups in total. The first-order valence-corrected chi connectivity index (χ1v) is 9.48. The lowest BCUT2D eigenvalue weighted by Crippen LogP contribution is -2.37. The predicted molar refractivity (Wildman–Crippen MR) is 98.4 cm³/mol. The van der Waals surface area contributed by atoms with Gasteiger partial charge in [0, 0.05) is 25.8 Å². The summed E-state index contributed by atoms with van der Waals surface area (Å²) < 4.78 is 3.75. The Hall–Kier alpha value is -2.97. The van der Waals surface area contributed by atoms with Crippen LogP contribution in [0.25, 0.3) is 5.65 Å². The molecule has 1 aliphatic heterocycles. The third-order valence-electron chi connectivity index (χ3n) is 5.68. The topological polar surface area (TPSA) is 93.2 Å². The fourth-order valence-electron chi connectivity index (χ4n) is 3.81. The van der Waals surface area contributed by atoms with E-state index in [4.69, 9.17) is 0 Å². The maximum atomic E-state index is 12.5. The summed E-state index contributed by atoms with van der Waals surface area (Å²) in [5.74, 6) is 2.30. The second kappa shape index (κ2) is 6.33. The van der Waals surface area contributed by atoms with Gasteiger partial charge >= 0.3 is 0 Å². The largest absolute Gasteiger partial charge is 0.350 e. The van der Waals surface area contributed by atoms with Crippen molar-refractivity contribution < 1.29 is 4.79 Å². The molecule has 2 aliphatic rings. The molecule has 140 valence electrons. The molecule has 1 saturated carbocycles. The summed E-state index contributed by atoms with van der Waals surface area (Å²) in [7, 11) is 0. The molecule has 27 heavy (non-hydrogen) atoms. The minimum Gasteiger partial charge on any atom is -0.350 e. The van der Waals surface area contributed by atoms with Crippen LogP contribution in [0.3, 0.4) is 0 Å². The lowest BCUT2D eigenvalue weighted by Gasteiger charge is -2.34. The third-order valence-corrected chi connectivity index (χ3v) is 5.68. The van der Waals surface area contributed by atoms with Crippen LogP contribution in [0.1, 0.15) is 48.5 Å². The number of fused-ring (bicyclic) bond motifs is 2. The number of nitrogens with zero attached hydrogens (tertiary/aromatic N) is 7. The molecule has 0 radical (unpaired) electrons. The Bertz CT molecular complexity index is 988. The van der Waals surface area contributed by atoms with Crippen molar-refractivity contribution in [2.75, 3.05) is 18.0 Å². The highest BCUT2D eigenvalue weighted by atomic mass is 16.1. The first-order chi connectivity index (χ1) is 13.2. The maximum Gasteiger partial charge on any atom is 0.271 e. The van der Waals surface area contributed by atoms with Gasteiger partial charge in [0.25, 0.3) is 5.91 Å². The van der Waals surface area contributed by atoms with Gasteiger partial charge in [-0.3, -0.25) is 4.79 Å². The number of hydrogen-bond acceptors (Lipinski definition) is 6. The van der Waals surface area contributed by atoms with E-state index in [9.17, 15) is 4.79 Å². The number of carbonyl (C=O) groups excluding carboxylic acids is 1. The van der Waals surface area contributed by atoms with Crippen LogP contribution < -0.4 is 10.2 Å². The lowest BCUT2D eigenvalue weighted by molar-refractivity contribution is 0.0934. The van der Waals surface area contributed by atoms with Gasteiger partial charge in [0.2, 0.25) is 0 Å². The van der Waals surface area contributed by atoms with Gasteiger partial charge in [-0.2, -0.15) is 4.52 Å². The van der Waals surface area contributed by atoms with Crippen molar-refractivity contribution in [3.05, 3.63) is 36.2 Å². The van der Waals surface area contributed by atoms with E-state index in [-0.39, 0.29) is 11.9 Å². The smallest absolute Gasteiger partial charge is 0.271 e. The summed E-state index contributed by atoms with van der Waals surface area (Å²) in [6.45, 7) is 4.41. The molecule has 0 unspecified atom stereocenters. The highest BCUT2D eigenvalue weighted by Crippen LogP contribution is 2.29. The molecule has 1 amide bonds. The second-order valence-corrected chi connectivity index (χ2v) is 7.38. The zero-order chi connectivity index (χ0) is 18.4. The Morgan fingerprint density at radius 3 is 3.00 bits per heavy atom. The molecule has 1 atom stereocenters. The van der Waals surface area contributed by atoms with E-state index in [1.165, 1.54) is 19.3 Å². The molecule has 5 rings (SSSR count). The van der Waals surface area contributed by atoms with E-state index < -0.39 is 0 Å². The first-order valence-electron chi connectivity index (χ1n) is 9.48. The normalized spacial score (nSPS) is 19.7. The van der Waals surface area contributed by atoms with Gasteiger partial charge in [0.15, 0.2) is 5.65 Å². The Kier molecular flexibility index (Phi) is 3.80. The molecule has 0 aromatic carbocycles. The maximum absolute atomic E-state index is 12.5. The van der Waals surface area contributed by atoms with Gasteiger partial charge < -0.3 is 14.8 Å². The van der Waals surface area contributed by atoms with Crippen LogP contribution in [0.2, 0.25) is 0 Å². The van der Waals surface area contributed by atoms with E-state index in [1.807, 2.05) is 18.3 Å². The number of anilines is 1. The van der Waals surface area contributed by atoms with Crippen LogP contribution in [-0.2, 0) is 6.54 Å². The van der Waals surface area contributed by atoms with Crippen LogP contribution in [0, 0.1) is 5.92 Å². The fourth-order valence-corrected chi connectivity index (χ4v) is 3.81. The van der Waals surface area contributed by atoms with Crippen LogP contribution in [-0.4, -0.2) is 48.4 Å². The summed E-state index contributed by atoms with van der Waals surface area (Å²) in [6.07, 6.45) is 7.18. The number of hydrogen-bond donors (Lipinski definition) is 1. The van der Waals surface area contributed by atoms with Gasteiger partial charge in [-0.05, 0) is 37.8 Å². The third kappa shape index (κ3) is 2.83. The molecule has 9 nitrogen and oxygen atoms in total. The van der Waals surface area contributed by atoms with E-state index in [2.05, 4.69) is 42.0 Å². The Balaban J connectivity index is 1.35. The van der Waals surface area contributed by atoms with Crippen LogP contribution in [0.15, 0.2) is 24.7 Å². The summed E-state index contributed by atoms with van der Waals surface area (Å²) in [5, 5.41) is 15.5. The van der Waals surface area contributed by atoms with E-state index in [0.717, 1.165) is 36.9 Å². The number of nitrogens with one attached hydrogen (secondary N) is 1. The van der Waals surface area contributed by atoms with E-state index >= 15 is 0 Å². The fraction of sp³-hybridized carbons (Fsp3) is 0.500. The quantitative estimate of drug-likeness (QED) is 0.751. The standard InChI is InChI=1S/C18H22N8O/c1-12-17-21-14(18(27)19-9-13-3-2-4-13)10-24(17)7-8-25(12)16-6-5-15-22-20-11-26(15)23-16/h5-6,10-13H,2-4,7-9H2,1H3,(H,19,27)/t12-/m1/s1. The number of aromatic nitrogens is 6. The van der Waals surface area contributed by atoms with Gasteiger partial charge in [0.1, 0.15) is 23.7 Å². The molecule has 0 spiro atoms. The van der Waals surface area contributed by atoms with Crippen molar-refractivity contribution in [3.63, 3.8) is 0 Å². The van der Waals surface area contributed by atoms with E-state index in [0.29, 0.717) is 11.6 Å². The van der Waals surface area contributed by atoms with Crippen molar-refractivity contribution in [2.45, 2.75) is 38.8 Å².